The molecule has 0 saturated heterocycles. The molecule has 1 heterocycles. The van der Waals surface area contributed by atoms with Gasteiger partial charge >= 0.3 is 0 Å². The minimum atomic E-state index is 0.0834. The van der Waals surface area contributed by atoms with Gasteiger partial charge in [0.25, 0.3) is 5.91 Å². The van der Waals surface area contributed by atoms with Crippen molar-refractivity contribution < 1.29 is 9.28 Å². The average Bonchev–Trinajstić information content (AvgIpc) is 3.31. The van der Waals surface area contributed by atoms with Crippen LogP contribution in [0, 0.1) is 6.92 Å². The molecule has 1 aliphatic carbocycles. The number of likely N-dealkylation sites (N-methyl/N-ethyl adjacent to an activating group) is 1. The van der Waals surface area contributed by atoms with Crippen LogP contribution in [0.4, 0.5) is 5.69 Å². The van der Waals surface area contributed by atoms with Crippen molar-refractivity contribution in [3.8, 4) is 10.6 Å². The molecule has 4 rings (SSSR count). The number of fused-ring (bicyclic) bond motifs is 1. The number of rotatable bonds is 5. The molecule has 1 saturated carbocycles. The number of carbonyl (C=O) groups is 1. The molecule has 0 bridgehead atoms. The number of amides is 1. The maximum atomic E-state index is 12.6. The van der Waals surface area contributed by atoms with Crippen molar-refractivity contribution in [1.82, 2.24) is 4.98 Å². The molecule has 0 aliphatic heterocycles. The number of aryl methyl sites for hydroxylation is 1. The molecule has 3 aromatic rings. The first-order chi connectivity index (χ1) is 13.4. The summed E-state index contributed by atoms with van der Waals surface area (Å²) in [6, 6.07) is 15.0. The fourth-order valence-corrected chi connectivity index (χ4v) is 5.22. The van der Waals surface area contributed by atoms with E-state index in [1.54, 1.807) is 11.3 Å². The number of aromatic nitrogens is 1. The van der Waals surface area contributed by atoms with Crippen molar-refractivity contribution in [1.29, 1.82) is 0 Å². The Morgan fingerprint density at radius 3 is 2.57 bits per heavy atom. The molecule has 1 amide bonds. The van der Waals surface area contributed by atoms with Crippen molar-refractivity contribution in [3.63, 3.8) is 0 Å². The van der Waals surface area contributed by atoms with Crippen LogP contribution in [-0.4, -0.2) is 42.1 Å². The first-order valence-electron chi connectivity index (χ1n) is 10.0. The summed E-state index contributed by atoms with van der Waals surface area (Å²) in [5.41, 5.74) is 4.21. The van der Waals surface area contributed by atoms with Gasteiger partial charge in [0.05, 0.1) is 30.4 Å². The second kappa shape index (κ2) is 7.64. The maximum Gasteiger partial charge on any atom is 0.279 e. The molecule has 0 unspecified atom stereocenters. The molecule has 146 valence electrons. The van der Waals surface area contributed by atoms with Crippen LogP contribution in [0.3, 0.4) is 0 Å². The van der Waals surface area contributed by atoms with E-state index >= 15 is 0 Å². The molecule has 5 heteroatoms. The predicted octanol–water partition coefficient (Wildman–Crippen LogP) is 5.23. The van der Waals surface area contributed by atoms with Gasteiger partial charge in [-0.15, -0.1) is 11.3 Å². The number of quaternary nitrogens is 1. The van der Waals surface area contributed by atoms with Crippen LogP contribution in [0.25, 0.3) is 20.8 Å². The smallest absolute Gasteiger partial charge is 0.279 e. The highest BCUT2D eigenvalue weighted by Gasteiger charge is 2.32. The van der Waals surface area contributed by atoms with E-state index in [1.807, 2.05) is 24.3 Å². The van der Waals surface area contributed by atoms with E-state index in [0.29, 0.717) is 12.6 Å². The summed E-state index contributed by atoms with van der Waals surface area (Å²) in [5, 5.41) is 4.07. The van der Waals surface area contributed by atoms with Gasteiger partial charge in [-0.25, -0.2) is 4.98 Å². The van der Waals surface area contributed by atoms with E-state index in [4.69, 9.17) is 4.98 Å². The van der Waals surface area contributed by atoms with Crippen molar-refractivity contribution >= 4 is 33.1 Å². The average molecular weight is 395 g/mol. The van der Waals surface area contributed by atoms with Gasteiger partial charge in [-0.1, -0.05) is 6.07 Å². The predicted molar refractivity (Wildman–Crippen MR) is 118 cm³/mol. The van der Waals surface area contributed by atoms with E-state index in [2.05, 4.69) is 44.5 Å². The maximum absolute atomic E-state index is 12.6. The first kappa shape index (κ1) is 19.1. The number of nitrogens with one attached hydrogen (secondary N) is 1. The van der Waals surface area contributed by atoms with Gasteiger partial charge in [0.2, 0.25) is 0 Å². The lowest BCUT2D eigenvalue weighted by atomic mass is 10.2. The van der Waals surface area contributed by atoms with E-state index in [1.165, 1.54) is 35.9 Å². The number of thiazole rings is 1. The van der Waals surface area contributed by atoms with Gasteiger partial charge in [-0.3, -0.25) is 4.79 Å². The van der Waals surface area contributed by atoms with Gasteiger partial charge in [-0.2, -0.15) is 0 Å². The number of anilines is 1. The Labute approximate surface area is 170 Å². The van der Waals surface area contributed by atoms with Gasteiger partial charge in [0, 0.05) is 11.3 Å². The minimum Gasteiger partial charge on any atom is -0.321 e. The molecular weight excluding hydrogens is 366 g/mol. The number of hydrogen-bond donors (Lipinski definition) is 1. The normalized spacial score (nSPS) is 15.2. The Morgan fingerprint density at radius 2 is 1.86 bits per heavy atom. The second-order valence-corrected chi connectivity index (χ2v) is 9.52. The molecule has 0 spiro atoms. The van der Waals surface area contributed by atoms with Gasteiger partial charge in [0.1, 0.15) is 5.01 Å². The van der Waals surface area contributed by atoms with E-state index in [0.717, 1.165) is 26.3 Å². The van der Waals surface area contributed by atoms with Gasteiger partial charge < -0.3 is 9.80 Å². The molecule has 1 fully saturated rings. The zero-order valence-electron chi connectivity index (χ0n) is 16.9. The van der Waals surface area contributed by atoms with Crippen LogP contribution in [0.1, 0.15) is 31.2 Å². The molecule has 1 aliphatic rings. The molecule has 1 aromatic heterocycles. The highest BCUT2D eigenvalue weighted by molar-refractivity contribution is 7.21. The molecule has 4 nitrogen and oxygen atoms in total. The summed E-state index contributed by atoms with van der Waals surface area (Å²) in [5.74, 6) is 0.0834. The third kappa shape index (κ3) is 4.10. The molecule has 28 heavy (non-hydrogen) atoms. The van der Waals surface area contributed by atoms with Gasteiger partial charge in [0.15, 0.2) is 6.54 Å². The molecule has 1 N–H and O–H groups in total. The monoisotopic (exact) mass is 394 g/mol. The lowest BCUT2D eigenvalue weighted by Crippen LogP contribution is -2.51. The van der Waals surface area contributed by atoms with Crippen LogP contribution in [0.15, 0.2) is 42.5 Å². The molecular formula is C23H28N3OS+. The topological polar surface area (TPSA) is 42.0 Å². The standard InChI is InChI=1S/C23H27N3OS/c1-16-8-13-20-21(14-16)28-23(25-20)17-9-11-18(12-10-17)24-22(27)15-26(2,3)19-6-4-5-7-19/h8-14,19H,4-7,15H2,1-3H3/p+1. The SMILES string of the molecule is Cc1ccc2nc(-c3ccc(NC(=O)C[N+](C)(C)C4CCCC4)cc3)sc2c1. The summed E-state index contributed by atoms with van der Waals surface area (Å²) in [6.07, 6.45) is 5.05. The number of hydrogen-bond acceptors (Lipinski definition) is 3. The fraction of sp³-hybridized carbons (Fsp3) is 0.391. The Morgan fingerprint density at radius 1 is 1.14 bits per heavy atom. The van der Waals surface area contributed by atoms with Crippen LogP contribution in [0.2, 0.25) is 0 Å². The lowest BCUT2D eigenvalue weighted by molar-refractivity contribution is -0.906. The molecule has 2 aromatic carbocycles. The Bertz CT molecular complexity index is 985. The minimum absolute atomic E-state index is 0.0834. The van der Waals surface area contributed by atoms with Crippen LogP contribution >= 0.6 is 11.3 Å². The Kier molecular flexibility index (Phi) is 5.21. The highest BCUT2D eigenvalue weighted by atomic mass is 32.1. The largest absolute Gasteiger partial charge is 0.321 e. The summed E-state index contributed by atoms with van der Waals surface area (Å²) < 4.78 is 1.98. The number of benzene rings is 2. The van der Waals surface area contributed by atoms with E-state index in [9.17, 15) is 4.79 Å². The Balaban J connectivity index is 1.43. The highest BCUT2D eigenvalue weighted by Crippen LogP contribution is 2.31. The van der Waals surface area contributed by atoms with Crippen molar-refractivity contribution in [3.05, 3.63) is 48.0 Å². The van der Waals surface area contributed by atoms with E-state index in [-0.39, 0.29) is 5.91 Å². The summed E-state index contributed by atoms with van der Waals surface area (Å²) in [7, 11) is 4.35. The van der Waals surface area contributed by atoms with Crippen molar-refractivity contribution in [2.24, 2.45) is 0 Å². The number of carbonyl (C=O) groups excluding carboxylic acids is 1. The van der Waals surface area contributed by atoms with Crippen molar-refractivity contribution in [2.45, 2.75) is 38.6 Å². The van der Waals surface area contributed by atoms with Crippen LogP contribution in [-0.2, 0) is 4.79 Å². The summed E-state index contributed by atoms with van der Waals surface area (Å²) in [6.45, 7) is 2.62. The third-order valence-corrected chi connectivity index (χ3v) is 6.89. The zero-order chi connectivity index (χ0) is 19.7. The van der Waals surface area contributed by atoms with Crippen LogP contribution < -0.4 is 5.32 Å². The molecule has 0 radical (unpaired) electrons. The summed E-state index contributed by atoms with van der Waals surface area (Å²) in [4.78, 5) is 17.3. The lowest BCUT2D eigenvalue weighted by Gasteiger charge is -2.35. The first-order valence-corrected chi connectivity index (χ1v) is 10.8. The Hall–Kier alpha value is -2.24. The quantitative estimate of drug-likeness (QED) is 0.602. The third-order valence-electron chi connectivity index (χ3n) is 5.82. The molecule has 0 atom stereocenters. The van der Waals surface area contributed by atoms with Crippen LogP contribution in [0.5, 0.6) is 0 Å². The van der Waals surface area contributed by atoms with Crippen molar-refractivity contribution in [2.75, 3.05) is 26.0 Å². The zero-order valence-corrected chi connectivity index (χ0v) is 17.7. The van der Waals surface area contributed by atoms with Gasteiger partial charge in [-0.05, 0) is 74.6 Å². The number of nitrogens with zero attached hydrogens (tertiary/aromatic N) is 2. The summed E-state index contributed by atoms with van der Waals surface area (Å²) >= 11 is 1.71. The van der Waals surface area contributed by atoms with E-state index < -0.39 is 0 Å². The second-order valence-electron chi connectivity index (χ2n) is 8.49. The fourth-order valence-electron chi connectivity index (χ4n) is 4.15.